The van der Waals surface area contributed by atoms with Gasteiger partial charge in [-0.2, -0.15) is 0 Å². The molecule has 0 fully saturated rings. The minimum absolute atomic E-state index is 0.0265. The second kappa shape index (κ2) is 4.34. The predicted octanol–water partition coefficient (Wildman–Crippen LogP) is 0.939. The van der Waals surface area contributed by atoms with Crippen LogP contribution in [0.15, 0.2) is 58.1 Å². The molecule has 0 aliphatic carbocycles. The summed E-state index contributed by atoms with van der Waals surface area (Å²) in [4.78, 5) is 0.238. The second-order valence-corrected chi connectivity index (χ2v) is 4.17. The van der Waals surface area contributed by atoms with E-state index in [9.17, 15) is 5.21 Å². The normalized spacial score (nSPS) is 11.0. The smallest absolute Gasteiger partial charge is 0.331 e. The van der Waals surface area contributed by atoms with Crippen molar-refractivity contribution in [1.82, 2.24) is 24.5 Å². The van der Waals surface area contributed by atoms with Gasteiger partial charge in [-0.25, -0.2) is 0 Å². The molecule has 4 heterocycles. The van der Waals surface area contributed by atoms with Crippen molar-refractivity contribution < 1.29 is 13.9 Å². The summed E-state index contributed by atoms with van der Waals surface area (Å²) >= 11 is 0. The summed E-state index contributed by atoms with van der Waals surface area (Å²) in [6, 6.07) is 7.49. The molecule has 0 bridgehead atoms. The van der Waals surface area contributed by atoms with Gasteiger partial charge < -0.3 is 9.62 Å². The fourth-order valence-electron chi connectivity index (χ4n) is 1.94. The third-order valence-corrected chi connectivity index (χ3v) is 2.89. The lowest BCUT2D eigenvalue weighted by Crippen LogP contribution is -2.25. The van der Waals surface area contributed by atoms with Crippen LogP contribution in [0.2, 0.25) is 0 Å². The van der Waals surface area contributed by atoms with Crippen molar-refractivity contribution in [1.29, 1.82) is 0 Å². The minimum Gasteiger partial charge on any atom is -0.399 e. The molecule has 0 N–H and O–H groups in total. The van der Waals surface area contributed by atoms with Crippen molar-refractivity contribution in [2.75, 3.05) is 0 Å². The molecule has 0 unspecified atom stereocenters. The first kappa shape index (κ1) is 11.5. The molecule has 9 heteroatoms. The van der Waals surface area contributed by atoms with Crippen LogP contribution in [0.5, 0.6) is 0 Å². The van der Waals surface area contributed by atoms with Crippen molar-refractivity contribution in [3.05, 3.63) is 54.3 Å². The first-order valence-electron chi connectivity index (χ1n) is 6.03. The van der Waals surface area contributed by atoms with Gasteiger partial charge in [0.15, 0.2) is 0 Å². The molecule has 9 nitrogen and oxygen atoms in total. The number of hydrogen-bond donors (Lipinski definition) is 0. The molecule has 21 heavy (non-hydrogen) atoms. The van der Waals surface area contributed by atoms with Crippen LogP contribution in [0, 0.1) is 5.21 Å². The van der Waals surface area contributed by atoms with Crippen LogP contribution in [0.1, 0.15) is 0 Å². The summed E-state index contributed by atoms with van der Waals surface area (Å²) in [6.07, 6.45) is 6.96. The van der Waals surface area contributed by atoms with Gasteiger partial charge >= 0.3 is 17.5 Å². The van der Waals surface area contributed by atoms with Crippen LogP contribution in [0.25, 0.3) is 23.4 Å². The van der Waals surface area contributed by atoms with E-state index in [1.165, 1.54) is 0 Å². The Kier molecular flexibility index (Phi) is 2.37. The molecule has 0 spiro atoms. The average molecular weight is 284 g/mol. The maximum atomic E-state index is 11.8. The fraction of sp³-hybridized carbons (Fsp3) is 0. The highest BCUT2D eigenvalue weighted by Crippen LogP contribution is 2.22. The van der Waals surface area contributed by atoms with Gasteiger partial charge in [-0.3, -0.25) is 13.8 Å². The first-order valence-corrected chi connectivity index (χ1v) is 6.03. The topological polar surface area (TPSA) is 102 Å². The molecule has 0 radical (unpaired) electrons. The van der Waals surface area contributed by atoms with E-state index in [1.54, 1.807) is 46.1 Å². The standard InChI is InChI=1S/C12H8N6O3/c19-18-9(10(15-21-18)16-5-1-2-6-16)11-13-14-12(20-11)17-7-3-4-8-17/h1-8H. The van der Waals surface area contributed by atoms with E-state index in [1.807, 2.05) is 12.1 Å². The largest absolute Gasteiger partial charge is 0.399 e. The Hall–Kier alpha value is -3.36. The Morgan fingerprint density at radius 3 is 2.33 bits per heavy atom. The molecule has 0 saturated carbocycles. The average Bonchev–Trinajstić information content (AvgIpc) is 3.26. The molecule has 4 aromatic heterocycles. The van der Waals surface area contributed by atoms with Gasteiger partial charge in [0.1, 0.15) is 0 Å². The predicted molar refractivity (Wildman–Crippen MR) is 67.4 cm³/mol. The van der Waals surface area contributed by atoms with Crippen molar-refractivity contribution in [2.45, 2.75) is 0 Å². The van der Waals surface area contributed by atoms with Gasteiger partial charge in [-0.05, 0) is 29.2 Å². The van der Waals surface area contributed by atoms with Crippen LogP contribution in [-0.4, -0.2) is 24.5 Å². The number of aromatic nitrogens is 6. The number of rotatable bonds is 3. The molecule has 0 aromatic carbocycles. The van der Waals surface area contributed by atoms with Gasteiger partial charge in [-0.15, -0.1) is 5.10 Å². The summed E-state index contributed by atoms with van der Waals surface area (Å²) in [6.45, 7) is 0. The van der Waals surface area contributed by atoms with E-state index in [0.717, 1.165) is 0 Å². The third-order valence-electron chi connectivity index (χ3n) is 2.89. The quantitative estimate of drug-likeness (QED) is 0.519. The zero-order valence-corrected chi connectivity index (χ0v) is 10.5. The van der Waals surface area contributed by atoms with Crippen LogP contribution >= 0.6 is 0 Å². The molecule has 0 atom stereocenters. The number of nitrogens with zero attached hydrogens (tertiary/aromatic N) is 6. The highest BCUT2D eigenvalue weighted by atomic mass is 16.8. The second-order valence-electron chi connectivity index (χ2n) is 4.17. The van der Waals surface area contributed by atoms with E-state index in [-0.39, 0.29) is 28.3 Å². The lowest BCUT2D eigenvalue weighted by Gasteiger charge is -1.94. The highest BCUT2D eigenvalue weighted by Gasteiger charge is 2.28. The van der Waals surface area contributed by atoms with Crippen molar-refractivity contribution >= 4 is 0 Å². The van der Waals surface area contributed by atoms with Gasteiger partial charge in [0.05, 0.1) is 5.16 Å². The van der Waals surface area contributed by atoms with Crippen LogP contribution < -0.4 is 4.90 Å². The molecule has 4 aromatic rings. The maximum Gasteiger partial charge on any atom is 0.331 e. The summed E-state index contributed by atoms with van der Waals surface area (Å²) in [5, 5.41) is 23.2. The summed E-state index contributed by atoms with van der Waals surface area (Å²) in [5.41, 5.74) is 0.0529. The van der Waals surface area contributed by atoms with Crippen molar-refractivity contribution in [2.24, 2.45) is 0 Å². The van der Waals surface area contributed by atoms with E-state index in [0.29, 0.717) is 0 Å². The first-order chi connectivity index (χ1) is 10.3. The van der Waals surface area contributed by atoms with Crippen molar-refractivity contribution in [3.63, 3.8) is 0 Å². The molecule has 0 amide bonds. The van der Waals surface area contributed by atoms with Gasteiger partial charge in [-0.1, -0.05) is 5.10 Å². The fourth-order valence-corrected chi connectivity index (χ4v) is 1.94. The Morgan fingerprint density at radius 1 is 0.952 bits per heavy atom. The molecular formula is C12H8N6O3. The van der Waals surface area contributed by atoms with Gasteiger partial charge in [0.2, 0.25) is 0 Å². The molecule has 0 saturated heterocycles. The highest BCUT2D eigenvalue weighted by molar-refractivity contribution is 5.53. The summed E-state index contributed by atoms with van der Waals surface area (Å²) in [7, 11) is 0. The molecular weight excluding hydrogens is 276 g/mol. The third kappa shape index (κ3) is 1.79. The Balaban J connectivity index is 1.83. The zero-order chi connectivity index (χ0) is 14.2. The maximum absolute atomic E-state index is 11.8. The lowest BCUT2D eigenvalue weighted by molar-refractivity contribution is -0.794. The molecule has 4 rings (SSSR count). The van der Waals surface area contributed by atoms with Crippen molar-refractivity contribution in [3.8, 4) is 23.4 Å². The van der Waals surface area contributed by atoms with E-state index in [4.69, 9.17) is 4.42 Å². The SMILES string of the molecule is [O-][n+]1onc(-n2cccc2)c1-c1nnc(-n2cccc2)o1. The monoisotopic (exact) mass is 284 g/mol. The van der Waals surface area contributed by atoms with Gasteiger partial charge in [0.25, 0.3) is 5.89 Å². The Labute approximate surface area is 117 Å². The zero-order valence-electron chi connectivity index (χ0n) is 10.5. The molecule has 0 aliphatic rings. The number of hydrogen-bond acceptors (Lipinski definition) is 6. The van der Waals surface area contributed by atoms with Crippen LogP contribution in [0.4, 0.5) is 0 Å². The van der Waals surface area contributed by atoms with Crippen LogP contribution in [0.3, 0.4) is 0 Å². The van der Waals surface area contributed by atoms with E-state index in [2.05, 4.69) is 20.0 Å². The summed E-state index contributed by atoms with van der Waals surface area (Å²) < 4.78 is 13.4. The van der Waals surface area contributed by atoms with E-state index < -0.39 is 0 Å². The molecule has 104 valence electrons. The van der Waals surface area contributed by atoms with Gasteiger partial charge in [0, 0.05) is 24.8 Å². The lowest BCUT2D eigenvalue weighted by atomic mass is 10.4. The van der Waals surface area contributed by atoms with E-state index >= 15 is 0 Å². The van der Waals surface area contributed by atoms with Crippen LogP contribution in [-0.2, 0) is 0 Å². The molecule has 0 aliphatic heterocycles. The Bertz CT molecular complexity index is 859. The minimum atomic E-state index is 0.0265. The Morgan fingerprint density at radius 2 is 1.62 bits per heavy atom. The summed E-state index contributed by atoms with van der Waals surface area (Å²) in [5.74, 6) is 0.302.